The zero-order valence-electron chi connectivity index (χ0n) is 7.81. The lowest BCUT2D eigenvalue weighted by molar-refractivity contribution is 0.587. The maximum atomic E-state index is 5.42. The first-order chi connectivity index (χ1) is 7.34. The maximum absolute atomic E-state index is 5.42. The quantitative estimate of drug-likeness (QED) is 0.655. The zero-order valence-corrected chi connectivity index (χ0v) is 7.81. The highest BCUT2D eigenvalue weighted by atomic mass is 16.4. The Morgan fingerprint density at radius 3 is 2.87 bits per heavy atom. The third-order valence-electron chi connectivity index (χ3n) is 2.27. The number of nitrogens with zero attached hydrogens (tertiary/aromatic N) is 1. The van der Waals surface area contributed by atoms with Gasteiger partial charge >= 0.3 is 0 Å². The fourth-order valence-electron chi connectivity index (χ4n) is 1.58. The molecular formula is C11H8N2O2. The number of fused-ring (bicyclic) bond motifs is 1. The number of benzene rings is 1. The van der Waals surface area contributed by atoms with Crippen LogP contribution in [0, 0.1) is 0 Å². The average Bonchev–Trinajstić information content (AvgIpc) is 2.83. The van der Waals surface area contributed by atoms with Crippen LogP contribution in [0.15, 0.2) is 45.6 Å². The molecule has 15 heavy (non-hydrogen) atoms. The molecule has 0 fully saturated rings. The molecule has 4 heteroatoms. The molecule has 3 aromatic rings. The van der Waals surface area contributed by atoms with Crippen molar-refractivity contribution in [2.45, 2.75) is 0 Å². The topological polar surface area (TPSA) is 65.2 Å². The zero-order chi connectivity index (χ0) is 10.3. The molecule has 0 aliphatic heterocycles. The predicted molar refractivity (Wildman–Crippen MR) is 56.1 cm³/mol. The molecule has 2 N–H and O–H groups in total. The van der Waals surface area contributed by atoms with Gasteiger partial charge in [0, 0.05) is 5.39 Å². The van der Waals surface area contributed by atoms with Gasteiger partial charge in [-0.3, -0.25) is 0 Å². The Balaban J connectivity index is 2.27. The molecule has 1 aromatic carbocycles. The van der Waals surface area contributed by atoms with Gasteiger partial charge in [-0.15, -0.1) is 0 Å². The van der Waals surface area contributed by atoms with E-state index in [1.165, 1.54) is 0 Å². The van der Waals surface area contributed by atoms with Gasteiger partial charge < -0.3 is 14.6 Å². The molecule has 0 aliphatic carbocycles. The smallest absolute Gasteiger partial charge is 0.292 e. The van der Waals surface area contributed by atoms with Gasteiger partial charge in [-0.1, -0.05) is 18.2 Å². The summed E-state index contributed by atoms with van der Waals surface area (Å²) in [5, 5.41) is 0.994. The van der Waals surface area contributed by atoms with Crippen molar-refractivity contribution >= 4 is 17.0 Å². The van der Waals surface area contributed by atoms with E-state index in [-0.39, 0.29) is 6.01 Å². The van der Waals surface area contributed by atoms with Gasteiger partial charge in [-0.25, -0.2) is 4.98 Å². The Bertz CT molecular complexity index is 610. The van der Waals surface area contributed by atoms with Gasteiger partial charge in [0.1, 0.15) is 11.8 Å². The average molecular weight is 200 g/mol. The van der Waals surface area contributed by atoms with Crippen molar-refractivity contribution in [2.24, 2.45) is 0 Å². The van der Waals surface area contributed by atoms with E-state index in [1.54, 1.807) is 12.5 Å². The summed E-state index contributed by atoms with van der Waals surface area (Å²) in [5.74, 6) is 0.623. The van der Waals surface area contributed by atoms with Crippen LogP contribution < -0.4 is 5.73 Å². The van der Waals surface area contributed by atoms with Crippen molar-refractivity contribution in [3.8, 4) is 11.3 Å². The Hall–Kier alpha value is -2.23. The van der Waals surface area contributed by atoms with Gasteiger partial charge in [0.15, 0.2) is 5.76 Å². The van der Waals surface area contributed by atoms with Gasteiger partial charge in [-0.2, -0.15) is 0 Å². The van der Waals surface area contributed by atoms with E-state index in [0.29, 0.717) is 5.76 Å². The molecule has 2 heterocycles. The second-order valence-corrected chi connectivity index (χ2v) is 3.21. The first kappa shape index (κ1) is 8.11. The van der Waals surface area contributed by atoms with Crippen molar-refractivity contribution in [1.29, 1.82) is 0 Å². The van der Waals surface area contributed by atoms with Gasteiger partial charge in [0.05, 0.1) is 11.8 Å². The summed E-state index contributed by atoms with van der Waals surface area (Å²) in [6.07, 6.45) is 3.23. The van der Waals surface area contributed by atoms with Crippen molar-refractivity contribution in [3.05, 3.63) is 36.7 Å². The van der Waals surface area contributed by atoms with Crippen molar-refractivity contribution in [1.82, 2.24) is 4.98 Å². The minimum Gasteiger partial charge on any atom is -0.464 e. The van der Waals surface area contributed by atoms with E-state index in [9.17, 15) is 0 Å². The van der Waals surface area contributed by atoms with Crippen molar-refractivity contribution in [3.63, 3.8) is 0 Å². The SMILES string of the molecule is Nc1ncc(-c2coc3ccccc23)o1. The summed E-state index contributed by atoms with van der Waals surface area (Å²) in [6.45, 7) is 0. The summed E-state index contributed by atoms with van der Waals surface area (Å²) in [5.41, 5.74) is 7.11. The van der Waals surface area contributed by atoms with Crippen LogP contribution in [0.1, 0.15) is 0 Å². The molecule has 0 unspecified atom stereocenters. The molecule has 2 aromatic heterocycles. The van der Waals surface area contributed by atoms with Crippen LogP contribution in [0.25, 0.3) is 22.3 Å². The summed E-state index contributed by atoms with van der Waals surface area (Å²) < 4.78 is 10.6. The Labute approximate surface area is 85.3 Å². The van der Waals surface area contributed by atoms with E-state index in [4.69, 9.17) is 14.6 Å². The minimum atomic E-state index is 0.162. The molecule has 0 saturated carbocycles. The summed E-state index contributed by atoms with van der Waals surface area (Å²) in [7, 11) is 0. The first-order valence-electron chi connectivity index (χ1n) is 4.52. The number of nitrogen functional groups attached to an aromatic ring is 1. The van der Waals surface area contributed by atoms with E-state index >= 15 is 0 Å². The van der Waals surface area contributed by atoms with Crippen LogP contribution in [-0.4, -0.2) is 4.98 Å². The molecule has 74 valence electrons. The monoisotopic (exact) mass is 200 g/mol. The molecule has 4 nitrogen and oxygen atoms in total. The molecule has 0 saturated heterocycles. The number of hydrogen-bond donors (Lipinski definition) is 1. The van der Waals surface area contributed by atoms with E-state index < -0.39 is 0 Å². The van der Waals surface area contributed by atoms with Gasteiger partial charge in [-0.05, 0) is 6.07 Å². The molecule has 3 rings (SSSR count). The largest absolute Gasteiger partial charge is 0.464 e. The van der Waals surface area contributed by atoms with E-state index in [1.807, 2.05) is 24.3 Å². The molecule has 0 aliphatic rings. The Kier molecular flexibility index (Phi) is 1.56. The van der Waals surface area contributed by atoms with Crippen LogP contribution in [-0.2, 0) is 0 Å². The number of furan rings is 1. The molecule has 0 atom stereocenters. The first-order valence-corrected chi connectivity index (χ1v) is 4.52. The third kappa shape index (κ3) is 1.19. The van der Waals surface area contributed by atoms with E-state index in [0.717, 1.165) is 16.5 Å². The highest BCUT2D eigenvalue weighted by molar-refractivity contribution is 5.92. The molecule has 0 amide bonds. The van der Waals surface area contributed by atoms with Gasteiger partial charge in [0.25, 0.3) is 6.01 Å². The maximum Gasteiger partial charge on any atom is 0.292 e. The summed E-state index contributed by atoms with van der Waals surface area (Å²) in [4.78, 5) is 3.85. The second-order valence-electron chi connectivity index (χ2n) is 3.21. The van der Waals surface area contributed by atoms with Crippen LogP contribution in [0.3, 0.4) is 0 Å². The molecule has 0 bridgehead atoms. The molecule has 0 radical (unpaired) electrons. The highest BCUT2D eigenvalue weighted by Crippen LogP contribution is 2.30. The molecular weight excluding hydrogens is 192 g/mol. The van der Waals surface area contributed by atoms with E-state index in [2.05, 4.69) is 4.98 Å². The Morgan fingerprint density at radius 1 is 1.20 bits per heavy atom. The highest BCUT2D eigenvalue weighted by Gasteiger charge is 2.11. The number of anilines is 1. The number of oxazole rings is 1. The lowest BCUT2D eigenvalue weighted by atomic mass is 10.1. The number of rotatable bonds is 1. The van der Waals surface area contributed by atoms with Crippen LogP contribution in [0.4, 0.5) is 6.01 Å². The lowest BCUT2D eigenvalue weighted by Crippen LogP contribution is -1.79. The normalized spacial score (nSPS) is 10.9. The number of hydrogen-bond acceptors (Lipinski definition) is 4. The predicted octanol–water partition coefficient (Wildman–Crippen LogP) is 2.67. The molecule has 0 spiro atoms. The van der Waals surface area contributed by atoms with Crippen molar-refractivity contribution < 1.29 is 8.83 Å². The van der Waals surface area contributed by atoms with Crippen LogP contribution in [0.5, 0.6) is 0 Å². The Morgan fingerprint density at radius 2 is 2.07 bits per heavy atom. The lowest BCUT2D eigenvalue weighted by Gasteiger charge is -1.90. The third-order valence-corrected chi connectivity index (χ3v) is 2.27. The van der Waals surface area contributed by atoms with Crippen LogP contribution >= 0.6 is 0 Å². The minimum absolute atomic E-state index is 0.162. The van der Waals surface area contributed by atoms with Crippen molar-refractivity contribution in [2.75, 3.05) is 5.73 Å². The second kappa shape index (κ2) is 2.88. The fraction of sp³-hybridized carbons (Fsp3) is 0. The standard InChI is InChI=1S/C11H8N2O2/c12-11-13-5-10(15-11)8-6-14-9-4-2-1-3-7(8)9/h1-6H,(H2,12,13). The van der Waals surface area contributed by atoms with Gasteiger partial charge in [0.2, 0.25) is 0 Å². The summed E-state index contributed by atoms with van der Waals surface area (Å²) in [6, 6.07) is 7.90. The number of para-hydroxylation sites is 1. The summed E-state index contributed by atoms with van der Waals surface area (Å²) >= 11 is 0. The number of aromatic nitrogens is 1. The number of nitrogens with two attached hydrogens (primary N) is 1. The van der Waals surface area contributed by atoms with Crippen LogP contribution in [0.2, 0.25) is 0 Å². The fourth-order valence-corrected chi connectivity index (χ4v) is 1.58.